The van der Waals surface area contributed by atoms with E-state index in [1.54, 1.807) is 20.1 Å². The van der Waals surface area contributed by atoms with Crippen molar-refractivity contribution in [2.24, 2.45) is 5.92 Å². The van der Waals surface area contributed by atoms with Crippen LogP contribution in [-0.2, 0) is 28.5 Å². The first-order chi connectivity index (χ1) is 17.0. The fraction of sp³-hybridized carbons (Fsp3) is 0.714. The van der Waals surface area contributed by atoms with Crippen molar-refractivity contribution < 1.29 is 33.6 Å². The molecule has 0 aromatic carbocycles. The number of allylic oxidation sites excluding steroid dienone is 2. The molecular formula is C28H45NO7. The van der Waals surface area contributed by atoms with Gasteiger partial charge in [0, 0.05) is 19.6 Å². The summed E-state index contributed by atoms with van der Waals surface area (Å²) < 4.78 is 22.7. The van der Waals surface area contributed by atoms with Crippen LogP contribution in [0.25, 0.3) is 0 Å². The number of methoxy groups -OCH3 is 1. The molecule has 0 aromatic heterocycles. The standard InChI is InChI=1S/C28H45NO7/c1-8-22-16-28(6,33-7)27(32)25(36-22)13-10-18(2)9-12-24-19(3)15-23(21(5)35-24)29-26(31)14-11-20(4)34-17-30/h9-11,13-14,17,19-25,27,32H,8,12,15-16H2,1-7H3,(H,29,31)/b13-10+,14-11-,18-9+/t19?,20?,21?,22-,23-,24?,25?,27-,28?/m1/s1. The monoisotopic (exact) mass is 507 g/mol. The number of aliphatic hydroxyl groups is 1. The van der Waals surface area contributed by atoms with Crippen LogP contribution in [0.1, 0.15) is 67.2 Å². The molecule has 9 atom stereocenters. The first-order valence-electron chi connectivity index (χ1n) is 13.0. The van der Waals surface area contributed by atoms with Gasteiger partial charge >= 0.3 is 0 Å². The van der Waals surface area contributed by atoms with Gasteiger partial charge in [0.1, 0.15) is 18.3 Å². The normalized spacial score (nSPS) is 36.7. The average molecular weight is 508 g/mol. The van der Waals surface area contributed by atoms with E-state index < -0.39 is 23.9 Å². The van der Waals surface area contributed by atoms with Gasteiger partial charge in [0.15, 0.2) is 0 Å². The first kappa shape index (κ1) is 30.2. The molecule has 0 aromatic rings. The lowest BCUT2D eigenvalue weighted by molar-refractivity contribution is -0.206. The molecule has 0 saturated carbocycles. The molecule has 6 unspecified atom stereocenters. The predicted molar refractivity (Wildman–Crippen MR) is 138 cm³/mol. The molecular weight excluding hydrogens is 462 g/mol. The van der Waals surface area contributed by atoms with E-state index in [1.807, 2.05) is 32.9 Å². The van der Waals surface area contributed by atoms with Gasteiger partial charge in [-0.05, 0) is 59.0 Å². The number of rotatable bonds is 11. The van der Waals surface area contributed by atoms with Crippen molar-refractivity contribution in [2.75, 3.05) is 7.11 Å². The van der Waals surface area contributed by atoms with Crippen LogP contribution < -0.4 is 5.32 Å². The van der Waals surface area contributed by atoms with Gasteiger partial charge in [-0.15, -0.1) is 0 Å². The zero-order valence-corrected chi connectivity index (χ0v) is 22.8. The van der Waals surface area contributed by atoms with Crippen LogP contribution in [0.4, 0.5) is 0 Å². The van der Waals surface area contributed by atoms with E-state index in [0.29, 0.717) is 12.9 Å². The second-order valence-corrected chi connectivity index (χ2v) is 10.3. The zero-order chi connectivity index (χ0) is 26.9. The highest BCUT2D eigenvalue weighted by Gasteiger charge is 2.45. The Bertz CT molecular complexity index is 810. The summed E-state index contributed by atoms with van der Waals surface area (Å²) in [6, 6.07) is -0.0905. The van der Waals surface area contributed by atoms with Crippen LogP contribution in [0, 0.1) is 5.92 Å². The third kappa shape index (κ3) is 8.54. The lowest BCUT2D eigenvalue weighted by Gasteiger charge is -2.44. The fourth-order valence-electron chi connectivity index (χ4n) is 4.78. The van der Waals surface area contributed by atoms with E-state index in [-0.39, 0.29) is 36.2 Å². The largest absolute Gasteiger partial charge is 0.461 e. The minimum atomic E-state index is -0.736. The highest BCUT2D eigenvalue weighted by Crippen LogP contribution is 2.34. The Kier molecular flexibility index (Phi) is 11.8. The Morgan fingerprint density at radius 3 is 2.64 bits per heavy atom. The van der Waals surface area contributed by atoms with E-state index in [1.165, 1.54) is 6.08 Å². The minimum absolute atomic E-state index is 0.0471. The Hall–Kier alpha value is -2.00. The van der Waals surface area contributed by atoms with Crippen molar-refractivity contribution in [3.8, 4) is 0 Å². The number of aliphatic hydroxyl groups excluding tert-OH is 1. The SMILES string of the molecule is CC[C@@H]1CC(C)(OC)[C@H](O)C(/C=C/C(C)=C/CC2OC(C)[C@H](NC(=O)/C=C\C(C)OC=O)CC2C)O1. The predicted octanol–water partition coefficient (Wildman–Crippen LogP) is 3.63. The van der Waals surface area contributed by atoms with E-state index in [4.69, 9.17) is 18.9 Å². The summed E-state index contributed by atoms with van der Waals surface area (Å²) in [4.78, 5) is 22.6. The third-order valence-corrected chi connectivity index (χ3v) is 7.39. The van der Waals surface area contributed by atoms with Crippen LogP contribution in [0.2, 0.25) is 0 Å². The summed E-state index contributed by atoms with van der Waals surface area (Å²) in [5, 5.41) is 13.8. The van der Waals surface area contributed by atoms with Crippen LogP contribution in [0.15, 0.2) is 36.0 Å². The summed E-state index contributed by atoms with van der Waals surface area (Å²) in [5.74, 6) is 0.0300. The summed E-state index contributed by atoms with van der Waals surface area (Å²) in [5.41, 5.74) is 0.440. The molecule has 0 radical (unpaired) electrons. The van der Waals surface area contributed by atoms with Gasteiger partial charge in [-0.1, -0.05) is 37.6 Å². The summed E-state index contributed by atoms with van der Waals surface area (Å²) >= 11 is 0. The Morgan fingerprint density at radius 1 is 1.28 bits per heavy atom. The highest BCUT2D eigenvalue weighted by atomic mass is 16.5. The van der Waals surface area contributed by atoms with Crippen molar-refractivity contribution in [3.05, 3.63) is 36.0 Å². The zero-order valence-electron chi connectivity index (χ0n) is 22.8. The molecule has 2 aliphatic heterocycles. The number of carbonyl (C=O) groups is 2. The maximum atomic E-state index is 12.2. The molecule has 1 amide bonds. The molecule has 2 saturated heterocycles. The van der Waals surface area contributed by atoms with Gasteiger partial charge in [-0.2, -0.15) is 0 Å². The molecule has 8 heteroatoms. The number of hydrogen-bond acceptors (Lipinski definition) is 7. The molecule has 0 bridgehead atoms. The van der Waals surface area contributed by atoms with Crippen LogP contribution in [0.5, 0.6) is 0 Å². The molecule has 36 heavy (non-hydrogen) atoms. The Balaban J connectivity index is 1.90. The van der Waals surface area contributed by atoms with Crippen molar-refractivity contribution in [1.82, 2.24) is 5.32 Å². The van der Waals surface area contributed by atoms with E-state index in [0.717, 1.165) is 24.8 Å². The maximum absolute atomic E-state index is 12.2. The molecule has 2 heterocycles. The van der Waals surface area contributed by atoms with Crippen molar-refractivity contribution >= 4 is 12.4 Å². The summed E-state index contributed by atoms with van der Waals surface area (Å²) in [6.07, 6.45) is 10.4. The molecule has 204 valence electrons. The van der Waals surface area contributed by atoms with Gasteiger partial charge in [-0.3, -0.25) is 9.59 Å². The maximum Gasteiger partial charge on any atom is 0.293 e. The summed E-state index contributed by atoms with van der Waals surface area (Å²) in [7, 11) is 1.64. The number of hydrogen-bond donors (Lipinski definition) is 2. The molecule has 0 spiro atoms. The molecule has 2 rings (SSSR count). The molecule has 8 nitrogen and oxygen atoms in total. The molecule has 2 fully saturated rings. The highest BCUT2D eigenvalue weighted by molar-refractivity contribution is 5.87. The van der Waals surface area contributed by atoms with Crippen LogP contribution in [0.3, 0.4) is 0 Å². The van der Waals surface area contributed by atoms with Crippen molar-refractivity contribution in [1.29, 1.82) is 0 Å². The third-order valence-electron chi connectivity index (χ3n) is 7.39. The molecule has 0 aliphatic carbocycles. The number of ether oxygens (including phenoxy) is 4. The lowest BCUT2D eigenvalue weighted by Crippen LogP contribution is -2.55. The van der Waals surface area contributed by atoms with Crippen LogP contribution >= 0.6 is 0 Å². The van der Waals surface area contributed by atoms with E-state index in [2.05, 4.69) is 25.2 Å². The van der Waals surface area contributed by atoms with E-state index in [9.17, 15) is 14.7 Å². The van der Waals surface area contributed by atoms with Gasteiger partial charge in [0.2, 0.25) is 5.91 Å². The van der Waals surface area contributed by atoms with Gasteiger partial charge in [0.05, 0.1) is 30.0 Å². The average Bonchev–Trinajstić information content (AvgIpc) is 2.84. The lowest BCUT2D eigenvalue weighted by atomic mass is 9.84. The Labute approximate surface area is 216 Å². The smallest absolute Gasteiger partial charge is 0.293 e. The van der Waals surface area contributed by atoms with Crippen molar-refractivity contribution in [3.63, 3.8) is 0 Å². The van der Waals surface area contributed by atoms with Gasteiger partial charge < -0.3 is 29.4 Å². The second-order valence-electron chi connectivity index (χ2n) is 10.3. The van der Waals surface area contributed by atoms with Crippen LogP contribution in [-0.4, -0.2) is 72.9 Å². The topological polar surface area (TPSA) is 103 Å². The first-order valence-corrected chi connectivity index (χ1v) is 13.0. The quantitative estimate of drug-likeness (QED) is 0.250. The molecule has 2 N–H and O–H groups in total. The minimum Gasteiger partial charge on any atom is -0.461 e. The molecule has 2 aliphatic rings. The fourth-order valence-corrected chi connectivity index (χ4v) is 4.78. The number of carbonyl (C=O) groups excluding carboxylic acids is 2. The second kappa shape index (κ2) is 14.1. The van der Waals surface area contributed by atoms with Gasteiger partial charge in [-0.25, -0.2) is 0 Å². The number of amides is 1. The Morgan fingerprint density at radius 2 is 2.00 bits per heavy atom. The van der Waals surface area contributed by atoms with E-state index >= 15 is 0 Å². The van der Waals surface area contributed by atoms with Crippen molar-refractivity contribution in [2.45, 2.75) is 115 Å². The van der Waals surface area contributed by atoms with Gasteiger partial charge in [0.25, 0.3) is 6.47 Å². The number of nitrogens with one attached hydrogen (secondary N) is 1. The summed E-state index contributed by atoms with van der Waals surface area (Å²) in [6.45, 7) is 12.2.